The van der Waals surface area contributed by atoms with E-state index in [2.05, 4.69) is 32.8 Å². The van der Waals surface area contributed by atoms with Gasteiger partial charge >= 0.3 is 0 Å². The second-order valence-electron chi connectivity index (χ2n) is 8.45. The monoisotopic (exact) mass is 505 g/mol. The van der Waals surface area contributed by atoms with Crippen LogP contribution in [0.25, 0.3) is 10.9 Å². The molecule has 3 heterocycles. The SMILES string of the molecule is OCc1ccccc1Sc1ccccc1CNc1nc(N2Cc3cccnc3N=N2)c2ccccc2n1. The lowest BCUT2D eigenvalue weighted by molar-refractivity contribution is 0.279. The summed E-state index contributed by atoms with van der Waals surface area (Å²) in [7, 11) is 0. The van der Waals surface area contributed by atoms with Crippen molar-refractivity contribution in [3.05, 3.63) is 108 Å². The van der Waals surface area contributed by atoms with Crippen molar-refractivity contribution in [2.45, 2.75) is 29.5 Å². The van der Waals surface area contributed by atoms with E-state index in [-0.39, 0.29) is 6.61 Å². The molecule has 0 radical (unpaired) electrons. The largest absolute Gasteiger partial charge is 0.392 e. The second kappa shape index (κ2) is 10.3. The van der Waals surface area contributed by atoms with Gasteiger partial charge in [0, 0.05) is 33.5 Å². The van der Waals surface area contributed by atoms with Crippen molar-refractivity contribution < 1.29 is 5.11 Å². The summed E-state index contributed by atoms with van der Waals surface area (Å²) in [6.07, 6.45) is 1.72. The molecule has 1 aliphatic rings. The number of anilines is 2. The average molecular weight is 506 g/mol. The Morgan fingerprint density at radius 3 is 2.46 bits per heavy atom. The van der Waals surface area contributed by atoms with Gasteiger partial charge in [-0.3, -0.25) is 0 Å². The van der Waals surface area contributed by atoms with Crippen LogP contribution >= 0.6 is 11.8 Å². The van der Waals surface area contributed by atoms with Crippen molar-refractivity contribution in [2.24, 2.45) is 10.3 Å². The molecule has 0 unspecified atom stereocenters. The van der Waals surface area contributed by atoms with Gasteiger partial charge in [-0.05, 0) is 41.5 Å². The highest BCUT2D eigenvalue weighted by molar-refractivity contribution is 7.99. The Labute approximate surface area is 218 Å². The summed E-state index contributed by atoms with van der Waals surface area (Å²) in [5, 5.41) is 24.5. The van der Waals surface area contributed by atoms with Crippen LogP contribution in [0.5, 0.6) is 0 Å². The predicted octanol–water partition coefficient (Wildman–Crippen LogP) is 6.30. The fourth-order valence-electron chi connectivity index (χ4n) is 4.16. The normalized spacial score (nSPS) is 12.5. The first kappa shape index (κ1) is 23.1. The molecule has 0 bridgehead atoms. The van der Waals surface area contributed by atoms with E-state index in [9.17, 15) is 5.11 Å². The molecule has 182 valence electrons. The number of pyridine rings is 1. The van der Waals surface area contributed by atoms with Gasteiger partial charge in [0.15, 0.2) is 11.6 Å². The van der Waals surface area contributed by atoms with E-state index >= 15 is 0 Å². The van der Waals surface area contributed by atoms with Gasteiger partial charge in [0.1, 0.15) is 0 Å². The van der Waals surface area contributed by atoms with E-state index in [0.29, 0.717) is 30.7 Å². The zero-order chi connectivity index (χ0) is 25.0. The van der Waals surface area contributed by atoms with Crippen LogP contribution in [0, 0.1) is 0 Å². The van der Waals surface area contributed by atoms with Crippen LogP contribution in [0.4, 0.5) is 17.6 Å². The maximum Gasteiger partial charge on any atom is 0.225 e. The number of hydrogen-bond acceptors (Lipinski definition) is 9. The third-order valence-corrected chi connectivity index (χ3v) is 7.27. The summed E-state index contributed by atoms with van der Waals surface area (Å²) in [5.41, 5.74) is 3.83. The standard InChI is InChI=1S/C28H23N7OS/c36-18-21-9-2-6-14-25(21)37-24-13-5-1-8-19(24)16-30-28-31-23-12-4-3-11-22(23)27(32-28)35-17-20-10-7-15-29-26(20)33-34-35/h1-15,36H,16-18H2,(H,30,31,32). The number of hydrogen-bond donors (Lipinski definition) is 2. The van der Waals surface area contributed by atoms with Crippen molar-refractivity contribution in [3.8, 4) is 0 Å². The number of fused-ring (bicyclic) bond motifs is 2. The van der Waals surface area contributed by atoms with Crippen LogP contribution in [0.1, 0.15) is 16.7 Å². The van der Waals surface area contributed by atoms with Crippen LogP contribution in [0.3, 0.4) is 0 Å². The van der Waals surface area contributed by atoms with E-state index in [0.717, 1.165) is 37.4 Å². The first-order valence-corrected chi connectivity index (χ1v) is 12.7. The molecule has 6 rings (SSSR count). The number of aliphatic hydroxyl groups excluding tert-OH is 1. The molecular formula is C28H23N7OS. The smallest absolute Gasteiger partial charge is 0.225 e. The first-order chi connectivity index (χ1) is 18.3. The topological polar surface area (TPSA) is 98.9 Å². The minimum absolute atomic E-state index is 0.00563. The maximum absolute atomic E-state index is 9.73. The fourth-order valence-corrected chi connectivity index (χ4v) is 5.23. The molecule has 2 aromatic heterocycles. The second-order valence-corrected chi connectivity index (χ2v) is 9.53. The molecule has 3 aromatic carbocycles. The van der Waals surface area contributed by atoms with Gasteiger partial charge in [-0.1, -0.05) is 71.6 Å². The maximum atomic E-state index is 9.73. The quantitative estimate of drug-likeness (QED) is 0.268. The Kier molecular flexibility index (Phi) is 6.45. The van der Waals surface area contributed by atoms with Crippen molar-refractivity contribution in [1.29, 1.82) is 0 Å². The Morgan fingerprint density at radius 2 is 1.59 bits per heavy atom. The van der Waals surface area contributed by atoms with E-state index in [1.807, 2.05) is 72.8 Å². The lowest BCUT2D eigenvalue weighted by atomic mass is 10.2. The highest BCUT2D eigenvalue weighted by Crippen LogP contribution is 2.34. The molecule has 8 nitrogen and oxygen atoms in total. The fraction of sp³-hybridized carbons (Fsp3) is 0.107. The lowest BCUT2D eigenvalue weighted by Crippen LogP contribution is -2.20. The molecule has 0 atom stereocenters. The van der Waals surface area contributed by atoms with Gasteiger partial charge in [0.05, 0.1) is 18.7 Å². The van der Waals surface area contributed by atoms with Gasteiger partial charge < -0.3 is 10.4 Å². The molecular weight excluding hydrogens is 482 g/mol. The van der Waals surface area contributed by atoms with Gasteiger partial charge in [-0.2, -0.15) is 4.98 Å². The van der Waals surface area contributed by atoms with Crippen molar-refractivity contribution in [1.82, 2.24) is 15.0 Å². The summed E-state index contributed by atoms with van der Waals surface area (Å²) >= 11 is 1.64. The number of nitrogens with zero attached hydrogens (tertiary/aromatic N) is 6. The van der Waals surface area contributed by atoms with E-state index in [1.165, 1.54) is 0 Å². The van der Waals surface area contributed by atoms with Crippen LogP contribution in [0.15, 0.2) is 111 Å². The van der Waals surface area contributed by atoms with Crippen LogP contribution in [0.2, 0.25) is 0 Å². The number of aliphatic hydroxyl groups is 1. The minimum atomic E-state index is 0.00563. The van der Waals surface area contributed by atoms with Crippen molar-refractivity contribution >= 4 is 40.2 Å². The van der Waals surface area contributed by atoms with E-state index in [1.54, 1.807) is 23.0 Å². The van der Waals surface area contributed by atoms with Crippen LogP contribution in [-0.2, 0) is 19.7 Å². The molecule has 37 heavy (non-hydrogen) atoms. The molecule has 1 aliphatic heterocycles. The Morgan fingerprint density at radius 1 is 0.838 bits per heavy atom. The number of nitrogens with one attached hydrogen (secondary N) is 1. The third-order valence-electron chi connectivity index (χ3n) is 6.04. The van der Waals surface area contributed by atoms with Gasteiger partial charge in [0.25, 0.3) is 0 Å². The molecule has 0 amide bonds. The minimum Gasteiger partial charge on any atom is -0.392 e. The summed E-state index contributed by atoms with van der Waals surface area (Å²) in [6, 6.07) is 27.9. The summed E-state index contributed by atoms with van der Waals surface area (Å²) in [6.45, 7) is 1.07. The molecule has 0 saturated heterocycles. The highest BCUT2D eigenvalue weighted by atomic mass is 32.2. The van der Waals surface area contributed by atoms with Crippen molar-refractivity contribution in [3.63, 3.8) is 0 Å². The molecule has 9 heteroatoms. The van der Waals surface area contributed by atoms with Gasteiger partial charge in [-0.15, -0.1) is 5.11 Å². The molecule has 0 aliphatic carbocycles. The Balaban J connectivity index is 1.29. The van der Waals surface area contributed by atoms with Gasteiger partial charge in [0.2, 0.25) is 5.95 Å². The third kappa shape index (κ3) is 4.87. The molecule has 0 fully saturated rings. The number of para-hydroxylation sites is 1. The van der Waals surface area contributed by atoms with E-state index < -0.39 is 0 Å². The summed E-state index contributed by atoms with van der Waals surface area (Å²) in [5.74, 6) is 1.83. The summed E-state index contributed by atoms with van der Waals surface area (Å²) < 4.78 is 0. The molecule has 5 aromatic rings. The van der Waals surface area contributed by atoms with E-state index in [4.69, 9.17) is 9.97 Å². The number of aromatic nitrogens is 3. The summed E-state index contributed by atoms with van der Waals surface area (Å²) in [4.78, 5) is 16.0. The zero-order valence-electron chi connectivity index (χ0n) is 19.8. The van der Waals surface area contributed by atoms with Gasteiger partial charge in [-0.25, -0.2) is 15.0 Å². The highest BCUT2D eigenvalue weighted by Gasteiger charge is 2.20. The molecule has 2 N–H and O–H groups in total. The lowest BCUT2D eigenvalue weighted by Gasteiger charge is -2.22. The molecule has 0 spiro atoms. The predicted molar refractivity (Wildman–Crippen MR) is 145 cm³/mol. The van der Waals surface area contributed by atoms with Crippen molar-refractivity contribution in [2.75, 3.05) is 10.3 Å². The molecule has 0 saturated carbocycles. The Bertz CT molecular complexity index is 1610. The first-order valence-electron chi connectivity index (χ1n) is 11.9. The van der Waals surface area contributed by atoms with Crippen LogP contribution < -0.4 is 10.3 Å². The number of rotatable bonds is 7. The number of benzene rings is 3. The Hall–Kier alpha value is -4.34. The average Bonchev–Trinajstić information content (AvgIpc) is 2.96. The zero-order valence-corrected chi connectivity index (χ0v) is 20.6. The van der Waals surface area contributed by atoms with Crippen LogP contribution in [-0.4, -0.2) is 20.1 Å².